The van der Waals surface area contributed by atoms with E-state index in [1.54, 1.807) is 23.1 Å². The Morgan fingerprint density at radius 1 is 1.29 bits per heavy atom. The molecular formula is C20H27N5O3. The molecule has 1 aliphatic rings. The van der Waals surface area contributed by atoms with Crippen LogP contribution in [0.3, 0.4) is 0 Å². The van der Waals surface area contributed by atoms with Crippen LogP contribution in [-0.4, -0.2) is 37.9 Å². The van der Waals surface area contributed by atoms with Crippen molar-refractivity contribution < 1.29 is 14.7 Å². The van der Waals surface area contributed by atoms with E-state index in [1.165, 1.54) is 0 Å². The molecule has 0 aromatic carbocycles. The topological polar surface area (TPSA) is 109 Å². The zero-order valence-electron chi connectivity index (χ0n) is 16.5. The smallest absolute Gasteiger partial charge is 0.405 e. The average Bonchev–Trinajstić information content (AvgIpc) is 3.06. The van der Waals surface area contributed by atoms with Gasteiger partial charge in [-0.05, 0) is 49.3 Å². The van der Waals surface area contributed by atoms with Gasteiger partial charge < -0.3 is 15.7 Å². The van der Waals surface area contributed by atoms with Gasteiger partial charge in [0.1, 0.15) is 11.9 Å². The minimum atomic E-state index is -1.19. The third-order valence-corrected chi connectivity index (χ3v) is 5.55. The molecule has 2 amide bonds. The van der Waals surface area contributed by atoms with Gasteiger partial charge in [0.15, 0.2) is 0 Å². The number of carbonyl (C=O) groups is 2. The molecule has 2 aromatic heterocycles. The predicted molar refractivity (Wildman–Crippen MR) is 106 cm³/mol. The summed E-state index contributed by atoms with van der Waals surface area (Å²) in [5.41, 5.74) is 2.81. The number of rotatable bonds is 5. The molecule has 3 N–H and O–H groups in total. The molecule has 1 saturated carbocycles. The largest absolute Gasteiger partial charge is 0.465 e. The van der Waals surface area contributed by atoms with Crippen molar-refractivity contribution in [2.24, 2.45) is 18.9 Å². The van der Waals surface area contributed by atoms with Gasteiger partial charge >= 0.3 is 6.09 Å². The highest BCUT2D eigenvalue weighted by molar-refractivity contribution is 5.96. The van der Waals surface area contributed by atoms with Gasteiger partial charge in [-0.1, -0.05) is 19.8 Å². The van der Waals surface area contributed by atoms with Crippen molar-refractivity contribution in [2.75, 3.05) is 5.32 Å². The van der Waals surface area contributed by atoms with E-state index >= 15 is 0 Å². The molecule has 150 valence electrons. The highest BCUT2D eigenvalue weighted by Gasteiger charge is 2.32. The second-order valence-corrected chi connectivity index (χ2v) is 7.66. The van der Waals surface area contributed by atoms with Crippen molar-refractivity contribution in [1.29, 1.82) is 0 Å². The molecule has 1 aliphatic carbocycles. The lowest BCUT2D eigenvalue weighted by molar-refractivity contribution is -0.119. The van der Waals surface area contributed by atoms with Gasteiger partial charge in [0.05, 0.1) is 5.69 Å². The number of amides is 2. The number of anilines is 1. The molecular weight excluding hydrogens is 358 g/mol. The minimum absolute atomic E-state index is 0.00196. The van der Waals surface area contributed by atoms with Gasteiger partial charge in [-0.3, -0.25) is 9.48 Å². The van der Waals surface area contributed by atoms with E-state index in [9.17, 15) is 14.7 Å². The first-order valence-electron chi connectivity index (χ1n) is 9.60. The number of pyridine rings is 1. The minimum Gasteiger partial charge on any atom is -0.465 e. The standard InChI is InChI=1S/C20H27N5O3/c1-12-4-6-14(7-5-12)18(24-20(27)28)19(26)23-17-10-13(2)15(11-21-17)16-8-9-22-25(16)3/h8-12,14,18,24H,4-7H2,1-3H3,(H,27,28)(H,21,23,26)/t12?,14?,18-/m0/s1. The summed E-state index contributed by atoms with van der Waals surface area (Å²) in [4.78, 5) is 28.4. The van der Waals surface area contributed by atoms with Crippen LogP contribution >= 0.6 is 0 Å². The van der Waals surface area contributed by atoms with Crippen LogP contribution in [0.1, 0.15) is 38.2 Å². The Morgan fingerprint density at radius 3 is 2.57 bits per heavy atom. The second kappa shape index (κ2) is 8.41. The molecule has 1 fully saturated rings. The predicted octanol–water partition coefficient (Wildman–Crippen LogP) is 3.19. The van der Waals surface area contributed by atoms with Crippen LogP contribution in [0, 0.1) is 18.8 Å². The van der Waals surface area contributed by atoms with E-state index in [1.807, 2.05) is 20.0 Å². The van der Waals surface area contributed by atoms with Crippen LogP contribution in [0.4, 0.5) is 10.6 Å². The molecule has 0 unspecified atom stereocenters. The zero-order valence-corrected chi connectivity index (χ0v) is 16.5. The molecule has 0 spiro atoms. The Labute approximate surface area is 164 Å². The summed E-state index contributed by atoms with van der Waals surface area (Å²) < 4.78 is 1.76. The van der Waals surface area contributed by atoms with Crippen LogP contribution in [-0.2, 0) is 11.8 Å². The fourth-order valence-electron chi connectivity index (χ4n) is 3.88. The lowest BCUT2D eigenvalue weighted by Gasteiger charge is -2.31. The monoisotopic (exact) mass is 385 g/mol. The third kappa shape index (κ3) is 4.49. The van der Waals surface area contributed by atoms with Gasteiger partial charge in [-0.2, -0.15) is 5.10 Å². The first-order chi connectivity index (χ1) is 13.3. The molecule has 3 rings (SSSR count). The highest BCUT2D eigenvalue weighted by atomic mass is 16.4. The third-order valence-electron chi connectivity index (χ3n) is 5.55. The van der Waals surface area contributed by atoms with Crippen molar-refractivity contribution in [2.45, 2.75) is 45.6 Å². The number of nitrogens with zero attached hydrogens (tertiary/aromatic N) is 3. The fraction of sp³-hybridized carbons (Fsp3) is 0.500. The molecule has 2 heterocycles. The number of hydrogen-bond donors (Lipinski definition) is 3. The van der Waals surface area contributed by atoms with Crippen molar-refractivity contribution in [3.63, 3.8) is 0 Å². The summed E-state index contributed by atoms with van der Waals surface area (Å²) in [7, 11) is 1.86. The molecule has 28 heavy (non-hydrogen) atoms. The van der Waals surface area contributed by atoms with Gasteiger partial charge in [-0.15, -0.1) is 0 Å². The Bertz CT molecular complexity index is 855. The van der Waals surface area contributed by atoms with E-state index in [0.717, 1.165) is 42.5 Å². The maximum absolute atomic E-state index is 12.8. The number of nitrogens with one attached hydrogen (secondary N) is 2. The van der Waals surface area contributed by atoms with Crippen LogP contribution in [0.2, 0.25) is 0 Å². The fourth-order valence-corrected chi connectivity index (χ4v) is 3.88. The SMILES string of the molecule is Cc1cc(NC(=O)[C@@H](NC(=O)O)C2CCC(C)CC2)ncc1-c1ccnn1C. The Hall–Kier alpha value is -2.90. The summed E-state index contributed by atoms with van der Waals surface area (Å²) in [5, 5.41) is 18.5. The van der Waals surface area contributed by atoms with E-state index in [4.69, 9.17) is 0 Å². The number of carbonyl (C=O) groups excluding carboxylic acids is 1. The van der Waals surface area contributed by atoms with Gasteiger partial charge in [-0.25, -0.2) is 9.78 Å². The quantitative estimate of drug-likeness (QED) is 0.732. The summed E-state index contributed by atoms with van der Waals surface area (Å²) in [6.45, 7) is 4.13. The lowest BCUT2D eigenvalue weighted by atomic mass is 9.79. The van der Waals surface area contributed by atoms with E-state index in [-0.39, 0.29) is 11.8 Å². The number of aryl methyl sites for hydroxylation is 2. The Morgan fingerprint density at radius 2 is 2.00 bits per heavy atom. The number of hydrogen-bond acceptors (Lipinski definition) is 4. The van der Waals surface area contributed by atoms with Gasteiger partial charge in [0, 0.05) is 25.0 Å². The van der Waals surface area contributed by atoms with Gasteiger partial charge in [0.2, 0.25) is 5.91 Å². The van der Waals surface area contributed by atoms with E-state index in [0.29, 0.717) is 11.7 Å². The summed E-state index contributed by atoms with van der Waals surface area (Å²) in [6, 6.07) is 2.92. The molecule has 2 aromatic rings. The molecule has 0 bridgehead atoms. The van der Waals surface area contributed by atoms with Crippen molar-refractivity contribution in [3.05, 3.63) is 30.1 Å². The Balaban J connectivity index is 1.75. The summed E-state index contributed by atoms with van der Waals surface area (Å²) in [5.74, 6) is 0.674. The summed E-state index contributed by atoms with van der Waals surface area (Å²) in [6.07, 6.45) is 5.92. The average molecular weight is 385 g/mol. The zero-order chi connectivity index (χ0) is 20.3. The number of carboxylic acid groups (broad SMARTS) is 1. The van der Waals surface area contributed by atoms with Crippen molar-refractivity contribution in [1.82, 2.24) is 20.1 Å². The normalized spacial score (nSPS) is 20.4. The Kier molecular flexibility index (Phi) is 5.96. The molecule has 8 heteroatoms. The highest BCUT2D eigenvalue weighted by Crippen LogP contribution is 2.31. The number of aromatic nitrogens is 3. The van der Waals surface area contributed by atoms with Gasteiger partial charge in [0.25, 0.3) is 0 Å². The molecule has 8 nitrogen and oxygen atoms in total. The second-order valence-electron chi connectivity index (χ2n) is 7.66. The first kappa shape index (κ1) is 19.9. The maximum atomic E-state index is 12.8. The van der Waals surface area contributed by atoms with Crippen molar-refractivity contribution >= 4 is 17.8 Å². The molecule has 0 saturated heterocycles. The van der Waals surface area contributed by atoms with Crippen molar-refractivity contribution in [3.8, 4) is 11.3 Å². The van der Waals surface area contributed by atoms with Crippen LogP contribution in [0.5, 0.6) is 0 Å². The molecule has 0 radical (unpaired) electrons. The lowest BCUT2D eigenvalue weighted by Crippen LogP contribution is -2.49. The van der Waals surface area contributed by atoms with Crippen LogP contribution in [0.15, 0.2) is 24.5 Å². The molecule has 0 aliphatic heterocycles. The van der Waals surface area contributed by atoms with Crippen LogP contribution < -0.4 is 10.6 Å². The maximum Gasteiger partial charge on any atom is 0.405 e. The van der Waals surface area contributed by atoms with Crippen LogP contribution in [0.25, 0.3) is 11.3 Å². The van der Waals surface area contributed by atoms with E-state index < -0.39 is 12.1 Å². The summed E-state index contributed by atoms with van der Waals surface area (Å²) >= 11 is 0. The van der Waals surface area contributed by atoms with E-state index in [2.05, 4.69) is 27.6 Å². The molecule has 1 atom stereocenters. The first-order valence-corrected chi connectivity index (χ1v) is 9.60.